The highest BCUT2D eigenvalue weighted by molar-refractivity contribution is 5.92. The van der Waals surface area contributed by atoms with Crippen LogP contribution in [-0.4, -0.2) is 43.3 Å². The molecule has 2 aliphatic rings. The quantitative estimate of drug-likeness (QED) is 0.443. The van der Waals surface area contributed by atoms with Crippen molar-refractivity contribution < 1.29 is 9.53 Å². The van der Waals surface area contributed by atoms with Gasteiger partial charge in [-0.2, -0.15) is 0 Å². The molecule has 2 fully saturated rings. The van der Waals surface area contributed by atoms with Gasteiger partial charge in [0, 0.05) is 23.3 Å². The molecule has 0 saturated heterocycles. The predicted octanol–water partition coefficient (Wildman–Crippen LogP) is 3.97. The number of ether oxygens (including phenoxy) is 1. The van der Waals surface area contributed by atoms with E-state index >= 15 is 0 Å². The SMILES string of the molecule is CCOc1ccc(-c2nnc(C34CCC3C(NC(=O)c3ccccn3)C4)n2-c2ccccc2)nc1. The van der Waals surface area contributed by atoms with E-state index in [1.54, 1.807) is 18.5 Å². The van der Waals surface area contributed by atoms with Crippen molar-refractivity contribution in [1.29, 1.82) is 0 Å². The van der Waals surface area contributed by atoms with Crippen LogP contribution in [0.15, 0.2) is 73.1 Å². The minimum atomic E-state index is -0.125. The van der Waals surface area contributed by atoms with Crippen LogP contribution < -0.4 is 10.1 Å². The summed E-state index contributed by atoms with van der Waals surface area (Å²) in [4.78, 5) is 21.5. The molecule has 0 radical (unpaired) electrons. The van der Waals surface area contributed by atoms with Crippen LogP contribution in [0.4, 0.5) is 0 Å². The first-order valence-electron chi connectivity index (χ1n) is 12.0. The summed E-state index contributed by atoms with van der Waals surface area (Å²) in [7, 11) is 0. The monoisotopic (exact) mass is 466 g/mol. The van der Waals surface area contributed by atoms with Gasteiger partial charge in [0.15, 0.2) is 5.82 Å². The zero-order chi connectivity index (χ0) is 23.8. The van der Waals surface area contributed by atoms with Crippen molar-refractivity contribution in [3.8, 4) is 23.0 Å². The molecule has 35 heavy (non-hydrogen) atoms. The normalized spacial score (nSPS) is 22.4. The number of para-hydroxylation sites is 1. The van der Waals surface area contributed by atoms with Gasteiger partial charge in [0.05, 0.1) is 12.8 Å². The van der Waals surface area contributed by atoms with Gasteiger partial charge in [-0.3, -0.25) is 14.3 Å². The zero-order valence-corrected chi connectivity index (χ0v) is 19.5. The Morgan fingerprint density at radius 3 is 2.60 bits per heavy atom. The number of carbonyl (C=O) groups excluding carboxylic acids is 1. The molecule has 0 spiro atoms. The van der Waals surface area contributed by atoms with E-state index in [-0.39, 0.29) is 17.4 Å². The number of aromatic nitrogens is 5. The maximum Gasteiger partial charge on any atom is 0.270 e. The van der Waals surface area contributed by atoms with Gasteiger partial charge in [-0.1, -0.05) is 24.3 Å². The Kier molecular flexibility index (Phi) is 5.28. The number of rotatable bonds is 7. The highest BCUT2D eigenvalue weighted by Crippen LogP contribution is 2.62. The average molecular weight is 467 g/mol. The van der Waals surface area contributed by atoms with Gasteiger partial charge >= 0.3 is 0 Å². The first-order chi connectivity index (χ1) is 17.2. The molecule has 3 aromatic heterocycles. The minimum Gasteiger partial charge on any atom is -0.492 e. The fraction of sp³-hybridized carbons (Fsp3) is 0.296. The molecule has 3 unspecified atom stereocenters. The largest absolute Gasteiger partial charge is 0.492 e. The Hall–Kier alpha value is -4.07. The molecule has 8 nitrogen and oxygen atoms in total. The number of nitrogens with one attached hydrogen (secondary N) is 1. The van der Waals surface area contributed by atoms with Crippen LogP contribution >= 0.6 is 0 Å². The van der Waals surface area contributed by atoms with E-state index in [9.17, 15) is 4.79 Å². The number of benzene rings is 1. The van der Waals surface area contributed by atoms with Crippen molar-refractivity contribution in [1.82, 2.24) is 30.0 Å². The number of nitrogens with zero attached hydrogens (tertiary/aromatic N) is 5. The van der Waals surface area contributed by atoms with Crippen LogP contribution in [0.1, 0.15) is 42.5 Å². The highest BCUT2D eigenvalue weighted by Gasteiger charge is 2.63. The Labute approximate surface area is 203 Å². The molecule has 2 aliphatic carbocycles. The molecule has 8 heteroatoms. The van der Waals surface area contributed by atoms with Crippen LogP contribution in [0.3, 0.4) is 0 Å². The number of carbonyl (C=O) groups is 1. The fourth-order valence-corrected chi connectivity index (χ4v) is 5.49. The Balaban J connectivity index is 1.32. The maximum absolute atomic E-state index is 12.7. The second kappa shape index (κ2) is 8.61. The first kappa shape index (κ1) is 21.5. The van der Waals surface area contributed by atoms with E-state index in [4.69, 9.17) is 9.84 Å². The predicted molar refractivity (Wildman–Crippen MR) is 130 cm³/mol. The highest BCUT2D eigenvalue weighted by atomic mass is 16.5. The molecule has 2 saturated carbocycles. The van der Waals surface area contributed by atoms with Gasteiger partial charge in [0.1, 0.15) is 23.0 Å². The zero-order valence-electron chi connectivity index (χ0n) is 19.5. The molecule has 6 rings (SSSR count). The molecular formula is C27H26N6O2. The lowest BCUT2D eigenvalue weighted by atomic mass is 9.44. The summed E-state index contributed by atoms with van der Waals surface area (Å²) in [5.41, 5.74) is 2.08. The van der Waals surface area contributed by atoms with Crippen molar-refractivity contribution in [2.24, 2.45) is 5.92 Å². The minimum absolute atomic E-state index is 0.103. The third kappa shape index (κ3) is 3.56. The Morgan fingerprint density at radius 2 is 1.94 bits per heavy atom. The molecule has 1 amide bonds. The molecule has 176 valence electrons. The number of hydrogen-bond acceptors (Lipinski definition) is 6. The Morgan fingerprint density at radius 1 is 1.09 bits per heavy atom. The number of hydrogen-bond donors (Lipinski definition) is 1. The van der Waals surface area contributed by atoms with E-state index in [1.165, 1.54) is 0 Å². The summed E-state index contributed by atoms with van der Waals surface area (Å²) >= 11 is 0. The van der Waals surface area contributed by atoms with Gasteiger partial charge in [-0.05, 0) is 68.5 Å². The molecule has 1 aromatic carbocycles. The lowest BCUT2D eigenvalue weighted by Crippen LogP contribution is -2.67. The van der Waals surface area contributed by atoms with E-state index in [2.05, 4.69) is 37.1 Å². The molecule has 3 heterocycles. The van der Waals surface area contributed by atoms with Crippen molar-refractivity contribution in [2.45, 2.75) is 37.6 Å². The van der Waals surface area contributed by atoms with Gasteiger partial charge in [0.2, 0.25) is 0 Å². The lowest BCUT2D eigenvalue weighted by Gasteiger charge is -2.62. The molecule has 4 aromatic rings. The summed E-state index contributed by atoms with van der Waals surface area (Å²) in [5.74, 6) is 2.57. The van der Waals surface area contributed by atoms with Crippen molar-refractivity contribution in [3.63, 3.8) is 0 Å². The molecular weight excluding hydrogens is 440 g/mol. The van der Waals surface area contributed by atoms with E-state index < -0.39 is 0 Å². The van der Waals surface area contributed by atoms with Crippen LogP contribution in [0.2, 0.25) is 0 Å². The lowest BCUT2D eigenvalue weighted by molar-refractivity contribution is -0.0407. The summed E-state index contributed by atoms with van der Waals surface area (Å²) in [6, 6.07) is 19.5. The number of pyridine rings is 2. The van der Waals surface area contributed by atoms with E-state index in [0.717, 1.165) is 42.2 Å². The van der Waals surface area contributed by atoms with Crippen molar-refractivity contribution in [3.05, 3.63) is 84.6 Å². The fourth-order valence-electron chi connectivity index (χ4n) is 5.49. The first-order valence-corrected chi connectivity index (χ1v) is 12.0. The smallest absolute Gasteiger partial charge is 0.270 e. The number of fused-ring (bicyclic) bond motifs is 1. The third-order valence-electron chi connectivity index (χ3n) is 7.29. The molecule has 0 bridgehead atoms. The van der Waals surface area contributed by atoms with Crippen LogP contribution in [0.25, 0.3) is 17.2 Å². The summed E-state index contributed by atoms with van der Waals surface area (Å²) in [6.45, 7) is 2.54. The van der Waals surface area contributed by atoms with Crippen LogP contribution in [-0.2, 0) is 5.41 Å². The summed E-state index contributed by atoms with van der Waals surface area (Å²) in [6.07, 6.45) is 6.26. The van der Waals surface area contributed by atoms with Crippen molar-refractivity contribution >= 4 is 5.91 Å². The number of amides is 1. The molecule has 3 atom stereocenters. The second-order valence-electron chi connectivity index (χ2n) is 9.13. The molecule has 0 aliphatic heterocycles. The topological polar surface area (TPSA) is 94.8 Å². The summed E-state index contributed by atoms with van der Waals surface area (Å²) < 4.78 is 7.68. The van der Waals surface area contributed by atoms with Crippen molar-refractivity contribution in [2.75, 3.05) is 6.61 Å². The Bertz CT molecular complexity index is 1340. The van der Waals surface area contributed by atoms with Crippen LogP contribution in [0.5, 0.6) is 5.75 Å². The standard InChI is InChI=1S/C27H26N6O2/c1-2-35-19-11-12-21(29-17-19)24-31-32-26(33(24)18-8-4-3-5-9-18)27-14-13-20(27)23(16-27)30-25(34)22-10-6-7-15-28-22/h3-12,15,17,20,23H,2,13-14,16H2,1H3,(H,30,34). The summed E-state index contributed by atoms with van der Waals surface area (Å²) in [5, 5.41) is 12.5. The average Bonchev–Trinajstić information content (AvgIpc) is 3.33. The maximum atomic E-state index is 12.7. The van der Waals surface area contributed by atoms with Gasteiger partial charge in [-0.25, -0.2) is 4.98 Å². The van der Waals surface area contributed by atoms with Gasteiger partial charge < -0.3 is 10.1 Å². The molecule has 1 N–H and O–H groups in total. The third-order valence-corrected chi connectivity index (χ3v) is 7.29. The van der Waals surface area contributed by atoms with E-state index in [0.29, 0.717) is 24.0 Å². The van der Waals surface area contributed by atoms with Crippen LogP contribution in [0, 0.1) is 5.92 Å². The van der Waals surface area contributed by atoms with Gasteiger partial charge in [-0.15, -0.1) is 10.2 Å². The van der Waals surface area contributed by atoms with Gasteiger partial charge in [0.25, 0.3) is 5.91 Å². The second-order valence-corrected chi connectivity index (χ2v) is 9.13. The van der Waals surface area contributed by atoms with E-state index in [1.807, 2.05) is 49.4 Å².